The Balaban J connectivity index is 1.42. The van der Waals surface area contributed by atoms with Crippen LogP contribution >= 0.6 is 0 Å². The SMILES string of the molecule is C=CC(=O)OCCCCOC(=O)CCC1=NC(C2=CCCCC(c3noc(C)n3)=C2)NO1. The maximum Gasteiger partial charge on any atom is 0.330 e. The van der Waals surface area contributed by atoms with Crippen LogP contribution < -0.4 is 5.48 Å². The first kappa shape index (κ1) is 23.4. The van der Waals surface area contributed by atoms with Crippen LogP contribution in [0.15, 0.2) is 39.9 Å². The monoisotopic (exact) mass is 444 g/mol. The summed E-state index contributed by atoms with van der Waals surface area (Å²) in [5.74, 6) is 0.800. The molecule has 0 radical (unpaired) electrons. The van der Waals surface area contributed by atoms with Gasteiger partial charge in [0.25, 0.3) is 0 Å². The first-order valence-corrected chi connectivity index (χ1v) is 10.7. The number of ether oxygens (including phenoxy) is 2. The number of unbranched alkanes of at least 4 members (excludes halogenated alkanes) is 1. The number of carbonyl (C=O) groups excluding carboxylic acids is 2. The van der Waals surface area contributed by atoms with Crippen LogP contribution in [0.5, 0.6) is 0 Å². The molecule has 0 saturated carbocycles. The van der Waals surface area contributed by atoms with Crippen molar-refractivity contribution in [2.45, 2.75) is 58.0 Å². The van der Waals surface area contributed by atoms with E-state index in [-0.39, 0.29) is 31.8 Å². The van der Waals surface area contributed by atoms with Crippen LogP contribution in [0.3, 0.4) is 0 Å². The molecule has 1 unspecified atom stereocenters. The fourth-order valence-corrected chi connectivity index (χ4v) is 3.17. The summed E-state index contributed by atoms with van der Waals surface area (Å²) in [6, 6.07) is 0. The molecule has 0 fully saturated rings. The lowest BCUT2D eigenvalue weighted by atomic mass is 10.1. The van der Waals surface area contributed by atoms with Crippen molar-refractivity contribution in [3.8, 4) is 0 Å². The lowest BCUT2D eigenvalue weighted by Crippen LogP contribution is -2.23. The third-order valence-electron chi connectivity index (χ3n) is 4.82. The van der Waals surface area contributed by atoms with Crippen molar-refractivity contribution in [1.29, 1.82) is 0 Å². The summed E-state index contributed by atoms with van der Waals surface area (Å²) < 4.78 is 15.1. The molecule has 1 aromatic heterocycles. The summed E-state index contributed by atoms with van der Waals surface area (Å²) in [4.78, 5) is 37.2. The molecule has 0 saturated heterocycles. The molecule has 1 aliphatic carbocycles. The number of rotatable bonds is 11. The van der Waals surface area contributed by atoms with E-state index in [1.165, 1.54) is 0 Å². The van der Waals surface area contributed by atoms with E-state index >= 15 is 0 Å². The maximum atomic E-state index is 11.9. The largest absolute Gasteiger partial charge is 0.466 e. The summed E-state index contributed by atoms with van der Waals surface area (Å²) in [7, 11) is 0. The third-order valence-corrected chi connectivity index (χ3v) is 4.82. The van der Waals surface area contributed by atoms with Gasteiger partial charge in [-0.1, -0.05) is 17.8 Å². The van der Waals surface area contributed by atoms with Gasteiger partial charge in [-0.05, 0) is 43.8 Å². The molecular formula is C22H28N4O6. The fraction of sp³-hybridized carbons (Fsp3) is 0.500. The van der Waals surface area contributed by atoms with Crippen LogP contribution in [-0.4, -0.2) is 47.4 Å². The van der Waals surface area contributed by atoms with Crippen molar-refractivity contribution in [3.05, 3.63) is 42.1 Å². The number of allylic oxidation sites excluding steroid dienone is 2. The summed E-state index contributed by atoms with van der Waals surface area (Å²) in [6.45, 7) is 5.63. The van der Waals surface area contributed by atoms with Crippen molar-refractivity contribution in [3.63, 3.8) is 0 Å². The van der Waals surface area contributed by atoms with E-state index in [0.717, 1.165) is 36.5 Å². The Bertz CT molecular complexity index is 917. The van der Waals surface area contributed by atoms with Crippen LogP contribution in [0.2, 0.25) is 0 Å². The first-order chi connectivity index (χ1) is 15.5. The number of nitrogens with zero attached hydrogens (tertiary/aromatic N) is 3. The number of hydrogen-bond acceptors (Lipinski definition) is 10. The number of aryl methyl sites for hydroxylation is 1. The molecule has 0 spiro atoms. The molecule has 1 N–H and O–H groups in total. The van der Waals surface area contributed by atoms with Crippen LogP contribution in [0, 0.1) is 6.92 Å². The highest BCUT2D eigenvalue weighted by Gasteiger charge is 2.24. The minimum absolute atomic E-state index is 0.168. The van der Waals surface area contributed by atoms with Crippen molar-refractivity contribution >= 4 is 23.4 Å². The Kier molecular flexibility index (Phi) is 8.73. The minimum atomic E-state index is -0.456. The molecule has 1 atom stereocenters. The Morgan fingerprint density at radius 1 is 1.31 bits per heavy atom. The zero-order valence-electron chi connectivity index (χ0n) is 18.2. The van der Waals surface area contributed by atoms with Gasteiger partial charge in [-0.15, -0.1) is 5.48 Å². The highest BCUT2D eigenvalue weighted by atomic mass is 16.7. The highest BCUT2D eigenvalue weighted by molar-refractivity contribution is 5.82. The van der Waals surface area contributed by atoms with Gasteiger partial charge in [0.2, 0.25) is 11.8 Å². The van der Waals surface area contributed by atoms with Gasteiger partial charge < -0.3 is 18.8 Å². The Morgan fingerprint density at radius 2 is 2.12 bits per heavy atom. The van der Waals surface area contributed by atoms with E-state index < -0.39 is 5.97 Å². The van der Waals surface area contributed by atoms with E-state index in [1.54, 1.807) is 6.92 Å². The van der Waals surface area contributed by atoms with E-state index in [2.05, 4.69) is 33.3 Å². The topological polar surface area (TPSA) is 125 Å². The Morgan fingerprint density at radius 3 is 2.88 bits per heavy atom. The maximum absolute atomic E-state index is 11.9. The number of hydroxylamine groups is 1. The molecule has 2 heterocycles. The zero-order valence-corrected chi connectivity index (χ0v) is 18.2. The Hall–Kier alpha value is -3.27. The highest BCUT2D eigenvalue weighted by Crippen LogP contribution is 2.27. The van der Waals surface area contributed by atoms with Crippen LogP contribution in [-0.2, 0) is 23.9 Å². The van der Waals surface area contributed by atoms with E-state index in [4.69, 9.17) is 18.8 Å². The standard InChI is InChI=1S/C22H28N4O6/c1-3-19(27)29-12-6-7-13-30-20(28)11-10-18-24-22(26-32-18)17-9-5-4-8-16(14-17)21-23-15(2)31-25-21/h3,9,14,22,26H,1,4-8,10-13H2,2H3. The molecule has 32 heavy (non-hydrogen) atoms. The molecule has 1 aromatic rings. The molecule has 10 heteroatoms. The van der Waals surface area contributed by atoms with Gasteiger partial charge in [0.05, 0.1) is 19.6 Å². The van der Waals surface area contributed by atoms with Crippen molar-refractivity contribution in [2.24, 2.45) is 4.99 Å². The van der Waals surface area contributed by atoms with Gasteiger partial charge in [-0.2, -0.15) is 4.98 Å². The first-order valence-electron chi connectivity index (χ1n) is 10.7. The average Bonchev–Trinajstić information content (AvgIpc) is 3.37. The normalized spacial score (nSPS) is 18.0. The molecule has 3 rings (SSSR count). The van der Waals surface area contributed by atoms with Gasteiger partial charge in [-0.25, -0.2) is 9.79 Å². The summed E-state index contributed by atoms with van der Waals surface area (Å²) in [5, 5.41) is 4.01. The summed E-state index contributed by atoms with van der Waals surface area (Å²) >= 11 is 0. The molecule has 2 aliphatic rings. The zero-order chi connectivity index (χ0) is 22.8. The van der Waals surface area contributed by atoms with Gasteiger partial charge in [0, 0.05) is 25.0 Å². The van der Waals surface area contributed by atoms with Crippen molar-refractivity contribution < 1.29 is 28.4 Å². The molecule has 0 aromatic carbocycles. The van der Waals surface area contributed by atoms with Gasteiger partial charge in [-0.3, -0.25) is 4.79 Å². The number of aliphatic imine (C=N–C) groups is 1. The predicted molar refractivity (Wildman–Crippen MR) is 115 cm³/mol. The van der Waals surface area contributed by atoms with Crippen LogP contribution in [0.25, 0.3) is 5.57 Å². The molecular weight excluding hydrogens is 416 g/mol. The smallest absolute Gasteiger partial charge is 0.330 e. The molecule has 0 amide bonds. The molecule has 172 valence electrons. The van der Waals surface area contributed by atoms with Gasteiger partial charge in [0.1, 0.15) is 0 Å². The lowest BCUT2D eigenvalue weighted by molar-refractivity contribution is -0.144. The van der Waals surface area contributed by atoms with Gasteiger partial charge >= 0.3 is 11.9 Å². The number of nitrogens with one attached hydrogen (secondary N) is 1. The van der Waals surface area contributed by atoms with Crippen molar-refractivity contribution in [1.82, 2.24) is 15.6 Å². The van der Waals surface area contributed by atoms with Crippen LogP contribution in [0.4, 0.5) is 0 Å². The third kappa shape index (κ3) is 7.16. The second-order valence-corrected chi connectivity index (χ2v) is 7.35. The number of esters is 2. The molecule has 10 nitrogen and oxygen atoms in total. The number of aromatic nitrogens is 2. The molecule has 0 bridgehead atoms. The van der Waals surface area contributed by atoms with Gasteiger partial charge in [0.15, 0.2) is 12.0 Å². The van der Waals surface area contributed by atoms with Crippen LogP contribution in [0.1, 0.15) is 56.7 Å². The summed E-state index contributed by atoms with van der Waals surface area (Å²) in [6.07, 6.45) is 9.38. The number of carbonyl (C=O) groups is 2. The van der Waals surface area contributed by atoms with Crippen molar-refractivity contribution in [2.75, 3.05) is 13.2 Å². The van der Waals surface area contributed by atoms with E-state index in [9.17, 15) is 9.59 Å². The predicted octanol–water partition coefficient (Wildman–Crippen LogP) is 2.96. The fourth-order valence-electron chi connectivity index (χ4n) is 3.17. The van der Waals surface area contributed by atoms with E-state index in [0.29, 0.717) is 36.9 Å². The second kappa shape index (κ2) is 11.9. The minimum Gasteiger partial charge on any atom is -0.466 e. The second-order valence-electron chi connectivity index (χ2n) is 7.35. The summed E-state index contributed by atoms with van der Waals surface area (Å²) in [5.41, 5.74) is 4.87. The lowest BCUT2D eigenvalue weighted by Gasteiger charge is -2.07. The molecule has 1 aliphatic heterocycles. The quantitative estimate of drug-likeness (QED) is 0.311. The van der Waals surface area contributed by atoms with E-state index in [1.807, 2.05) is 6.08 Å². The number of hydrogen-bond donors (Lipinski definition) is 1. The average molecular weight is 444 g/mol. The Labute approximate surface area is 186 Å².